The standard InChI is InChI=1S/C18H17N3O4S/c19-14-15-4-1-2-6-17(15)26(23,24)21-11-9-20(10-12-21)18(22)8-7-16-5-3-13-25-16/h1-8,13H,9-12H2/b8-7+. The lowest BCUT2D eigenvalue weighted by Crippen LogP contribution is -2.50. The number of amides is 1. The lowest BCUT2D eigenvalue weighted by Gasteiger charge is -2.33. The highest BCUT2D eigenvalue weighted by molar-refractivity contribution is 7.89. The monoisotopic (exact) mass is 371 g/mol. The number of furan rings is 1. The second-order valence-electron chi connectivity index (χ2n) is 5.69. The summed E-state index contributed by atoms with van der Waals surface area (Å²) in [6.07, 6.45) is 4.51. The van der Waals surface area contributed by atoms with Gasteiger partial charge < -0.3 is 9.32 Å². The normalized spacial score (nSPS) is 15.9. The van der Waals surface area contributed by atoms with Crippen molar-refractivity contribution in [2.45, 2.75) is 4.90 Å². The SMILES string of the molecule is N#Cc1ccccc1S(=O)(=O)N1CCN(C(=O)/C=C/c2ccco2)CC1. The molecular formula is C18H17N3O4S. The first kappa shape index (κ1) is 17.9. The minimum Gasteiger partial charge on any atom is -0.465 e. The fraction of sp³-hybridized carbons (Fsp3) is 0.222. The van der Waals surface area contributed by atoms with Gasteiger partial charge >= 0.3 is 0 Å². The molecule has 2 aromatic rings. The molecule has 0 saturated carbocycles. The Morgan fingerprint density at radius 3 is 2.50 bits per heavy atom. The van der Waals surface area contributed by atoms with Gasteiger partial charge in [-0.15, -0.1) is 0 Å². The first-order valence-corrected chi connectivity index (χ1v) is 9.46. The highest BCUT2D eigenvalue weighted by Gasteiger charge is 2.31. The van der Waals surface area contributed by atoms with Crippen LogP contribution in [0.25, 0.3) is 6.08 Å². The van der Waals surface area contributed by atoms with E-state index in [0.29, 0.717) is 5.76 Å². The van der Waals surface area contributed by atoms with E-state index in [-0.39, 0.29) is 42.5 Å². The van der Waals surface area contributed by atoms with Gasteiger partial charge in [0.25, 0.3) is 0 Å². The minimum absolute atomic E-state index is 0.00000767. The van der Waals surface area contributed by atoms with E-state index in [4.69, 9.17) is 9.68 Å². The molecule has 0 N–H and O–H groups in total. The average molecular weight is 371 g/mol. The van der Waals surface area contributed by atoms with Gasteiger partial charge in [-0.25, -0.2) is 8.42 Å². The number of carbonyl (C=O) groups excluding carboxylic acids is 1. The molecule has 1 amide bonds. The van der Waals surface area contributed by atoms with Crippen LogP contribution >= 0.6 is 0 Å². The molecule has 8 heteroatoms. The number of nitriles is 1. The van der Waals surface area contributed by atoms with Crippen LogP contribution in [0, 0.1) is 11.3 Å². The number of rotatable bonds is 4. The van der Waals surface area contributed by atoms with E-state index in [2.05, 4.69) is 0 Å². The maximum atomic E-state index is 12.8. The van der Waals surface area contributed by atoms with Gasteiger partial charge in [-0.2, -0.15) is 9.57 Å². The molecule has 7 nitrogen and oxygen atoms in total. The molecule has 0 unspecified atom stereocenters. The summed E-state index contributed by atoms with van der Waals surface area (Å²) in [5.74, 6) is 0.378. The Labute approximate surface area is 151 Å². The summed E-state index contributed by atoms with van der Waals surface area (Å²) in [6, 6.07) is 11.5. The number of sulfonamides is 1. The third-order valence-electron chi connectivity index (χ3n) is 4.11. The molecule has 0 radical (unpaired) electrons. The average Bonchev–Trinajstić information content (AvgIpc) is 3.19. The van der Waals surface area contributed by atoms with E-state index in [1.807, 2.05) is 6.07 Å². The number of piperazine rings is 1. The maximum absolute atomic E-state index is 12.8. The molecule has 0 atom stereocenters. The highest BCUT2D eigenvalue weighted by Crippen LogP contribution is 2.21. The molecule has 1 aliphatic rings. The molecule has 1 aromatic heterocycles. The van der Waals surface area contributed by atoms with E-state index < -0.39 is 10.0 Å². The Bertz CT molecular complexity index is 951. The second kappa shape index (κ2) is 7.56. The Balaban J connectivity index is 1.66. The first-order chi connectivity index (χ1) is 12.5. The number of hydrogen-bond donors (Lipinski definition) is 0. The van der Waals surface area contributed by atoms with Crippen molar-refractivity contribution in [3.8, 4) is 6.07 Å². The largest absolute Gasteiger partial charge is 0.465 e. The van der Waals surface area contributed by atoms with Crippen molar-refractivity contribution in [3.05, 3.63) is 60.1 Å². The molecule has 2 heterocycles. The molecular weight excluding hydrogens is 354 g/mol. The molecule has 0 bridgehead atoms. The molecule has 3 rings (SSSR count). The third kappa shape index (κ3) is 3.69. The van der Waals surface area contributed by atoms with Gasteiger partial charge in [-0.05, 0) is 30.3 Å². The van der Waals surface area contributed by atoms with E-state index in [1.54, 1.807) is 35.2 Å². The summed E-state index contributed by atoms with van der Waals surface area (Å²) >= 11 is 0. The topological polar surface area (TPSA) is 94.6 Å². The van der Waals surface area contributed by atoms with Crippen LogP contribution in [0.2, 0.25) is 0 Å². The van der Waals surface area contributed by atoms with Gasteiger partial charge in [-0.3, -0.25) is 4.79 Å². The van der Waals surface area contributed by atoms with Gasteiger partial charge in [-0.1, -0.05) is 12.1 Å². The van der Waals surface area contributed by atoms with Crippen LogP contribution in [-0.4, -0.2) is 49.7 Å². The number of carbonyl (C=O) groups is 1. The summed E-state index contributed by atoms with van der Waals surface area (Å²) in [6.45, 7) is 0.940. The Morgan fingerprint density at radius 2 is 1.85 bits per heavy atom. The van der Waals surface area contributed by atoms with E-state index >= 15 is 0 Å². The van der Waals surface area contributed by atoms with Crippen molar-refractivity contribution >= 4 is 22.0 Å². The van der Waals surface area contributed by atoms with Crippen molar-refractivity contribution in [2.24, 2.45) is 0 Å². The Kier molecular flexibility index (Phi) is 5.21. The summed E-state index contributed by atoms with van der Waals surface area (Å²) in [7, 11) is -3.76. The fourth-order valence-electron chi connectivity index (χ4n) is 2.72. The van der Waals surface area contributed by atoms with Crippen LogP contribution in [0.1, 0.15) is 11.3 Å². The molecule has 134 valence electrons. The van der Waals surface area contributed by atoms with E-state index in [0.717, 1.165) is 0 Å². The van der Waals surface area contributed by atoms with Crippen molar-refractivity contribution < 1.29 is 17.6 Å². The smallest absolute Gasteiger partial charge is 0.246 e. The third-order valence-corrected chi connectivity index (χ3v) is 6.07. The van der Waals surface area contributed by atoms with Crippen LogP contribution < -0.4 is 0 Å². The molecule has 1 saturated heterocycles. The fourth-order valence-corrected chi connectivity index (χ4v) is 4.28. The molecule has 26 heavy (non-hydrogen) atoms. The van der Waals surface area contributed by atoms with Gasteiger partial charge in [0.05, 0.1) is 16.7 Å². The summed E-state index contributed by atoms with van der Waals surface area (Å²) in [5, 5.41) is 9.13. The van der Waals surface area contributed by atoms with Crippen molar-refractivity contribution in [1.29, 1.82) is 5.26 Å². The lowest BCUT2D eigenvalue weighted by atomic mass is 10.2. The Hall–Kier alpha value is -2.89. The van der Waals surface area contributed by atoms with Crippen molar-refractivity contribution in [3.63, 3.8) is 0 Å². The first-order valence-electron chi connectivity index (χ1n) is 8.02. The molecule has 1 aromatic carbocycles. The van der Waals surface area contributed by atoms with E-state index in [1.165, 1.54) is 28.8 Å². The number of nitrogens with zero attached hydrogens (tertiary/aromatic N) is 3. The van der Waals surface area contributed by atoms with Crippen molar-refractivity contribution in [2.75, 3.05) is 26.2 Å². The number of hydrogen-bond acceptors (Lipinski definition) is 5. The lowest BCUT2D eigenvalue weighted by molar-refractivity contribution is -0.127. The maximum Gasteiger partial charge on any atom is 0.246 e. The highest BCUT2D eigenvalue weighted by atomic mass is 32.2. The summed E-state index contributed by atoms with van der Waals surface area (Å²) < 4.78 is 32.0. The second-order valence-corrected chi connectivity index (χ2v) is 7.59. The molecule has 1 aliphatic heterocycles. The van der Waals surface area contributed by atoms with Gasteiger partial charge in [0.15, 0.2) is 0 Å². The zero-order chi connectivity index (χ0) is 18.6. The van der Waals surface area contributed by atoms with Gasteiger partial charge in [0.1, 0.15) is 11.8 Å². The van der Waals surface area contributed by atoms with Gasteiger partial charge in [0.2, 0.25) is 15.9 Å². The van der Waals surface area contributed by atoms with Crippen LogP contribution in [0.5, 0.6) is 0 Å². The minimum atomic E-state index is -3.76. The Morgan fingerprint density at radius 1 is 1.12 bits per heavy atom. The predicted molar refractivity (Wildman–Crippen MR) is 94.2 cm³/mol. The van der Waals surface area contributed by atoms with Crippen LogP contribution in [-0.2, 0) is 14.8 Å². The molecule has 0 spiro atoms. The van der Waals surface area contributed by atoms with Crippen LogP contribution in [0.3, 0.4) is 0 Å². The molecule has 0 aliphatic carbocycles. The zero-order valence-electron chi connectivity index (χ0n) is 13.9. The summed E-state index contributed by atoms with van der Waals surface area (Å²) in [4.78, 5) is 13.8. The quantitative estimate of drug-likeness (QED) is 0.763. The molecule has 1 fully saturated rings. The van der Waals surface area contributed by atoms with Crippen LogP contribution in [0.4, 0.5) is 0 Å². The summed E-state index contributed by atoms with van der Waals surface area (Å²) in [5.41, 5.74) is 0.118. The number of benzene rings is 1. The predicted octanol–water partition coefficient (Wildman–Crippen LogP) is 1.70. The zero-order valence-corrected chi connectivity index (χ0v) is 14.7. The van der Waals surface area contributed by atoms with Crippen LogP contribution in [0.15, 0.2) is 58.1 Å². The van der Waals surface area contributed by atoms with Crippen molar-refractivity contribution in [1.82, 2.24) is 9.21 Å². The van der Waals surface area contributed by atoms with Gasteiger partial charge in [0, 0.05) is 32.3 Å². The van der Waals surface area contributed by atoms with E-state index in [9.17, 15) is 13.2 Å².